The van der Waals surface area contributed by atoms with Crippen LogP contribution in [0.25, 0.3) is 11.4 Å². The van der Waals surface area contributed by atoms with Crippen molar-refractivity contribution in [2.75, 3.05) is 27.7 Å². The molecule has 1 aromatic heterocycles. The Kier molecular flexibility index (Phi) is 19.7. The molecule has 368 valence electrons. The van der Waals surface area contributed by atoms with Crippen LogP contribution in [0.4, 0.5) is 4.79 Å². The van der Waals surface area contributed by atoms with Gasteiger partial charge in [-0.25, -0.2) is 14.8 Å². The summed E-state index contributed by atoms with van der Waals surface area (Å²) in [6.07, 6.45) is -1.76. The van der Waals surface area contributed by atoms with Crippen molar-refractivity contribution in [2.24, 2.45) is 34.8 Å². The molecule has 0 aliphatic carbocycles. The van der Waals surface area contributed by atoms with Crippen LogP contribution in [-0.2, 0) is 49.2 Å². The third-order valence-corrected chi connectivity index (χ3v) is 13.8. The Morgan fingerprint density at radius 2 is 1.68 bits per heavy atom. The molecular weight excluding hydrogens is 851 g/mol. The molecule has 2 aromatic rings. The van der Waals surface area contributed by atoms with Crippen LogP contribution in [0.1, 0.15) is 107 Å². The number of aliphatic hydroxyl groups excluding tert-OH is 1. The van der Waals surface area contributed by atoms with Crippen LogP contribution in [0, 0.1) is 34.5 Å². The van der Waals surface area contributed by atoms with Crippen molar-refractivity contribution < 1.29 is 52.7 Å². The van der Waals surface area contributed by atoms with E-state index in [9.17, 15) is 29.2 Å². The van der Waals surface area contributed by atoms with Crippen molar-refractivity contribution in [3.63, 3.8) is 0 Å². The van der Waals surface area contributed by atoms with Crippen LogP contribution in [0.2, 0.25) is 0 Å². The molecule has 3 heterocycles. The van der Waals surface area contributed by atoms with Crippen LogP contribution >= 0.6 is 0 Å². The number of alkyl carbamates (subject to hydrolysis) is 1. The number of ether oxygens (including phenoxy) is 6. The number of aliphatic hydroxyl groups is 1. The van der Waals surface area contributed by atoms with E-state index >= 15 is 0 Å². The van der Waals surface area contributed by atoms with Gasteiger partial charge in [-0.1, -0.05) is 71.0 Å². The fourth-order valence-electron chi connectivity index (χ4n) is 9.53. The molecule has 0 radical (unpaired) electrons. The van der Waals surface area contributed by atoms with Crippen LogP contribution in [0.5, 0.6) is 0 Å². The van der Waals surface area contributed by atoms with Crippen molar-refractivity contribution in [3.8, 4) is 11.4 Å². The minimum absolute atomic E-state index is 0.164. The highest BCUT2D eigenvalue weighted by Crippen LogP contribution is 2.41. The number of carbonyl (C=O) groups excluding carboxylic acids is 4. The minimum atomic E-state index is -1.75. The molecule has 2 N–H and O–H groups in total. The zero-order chi connectivity index (χ0) is 49.1. The number of cyclic esters (lactones) is 1. The third-order valence-electron chi connectivity index (χ3n) is 13.8. The smallest absolute Gasteiger partial charge is 0.407 e. The molecule has 66 heavy (non-hydrogen) atoms. The number of esters is 2. The molecule has 2 aliphatic heterocycles. The standard InChI is InChI=1S/C49H75N5O12/c1-14-28(3)44(57)64-40-32(7)42(65-46-39(56)36(54(11)12)26-30(5)62-46)48(9,66-47(59)52-23-16-18-34-19-21-35(22-20-34)43-50-24-17-25-51-43)27-29(4)38(55)31(6)41(53-60)49(10,61-13)37(15-2)63-45(58)33(40)8/h17,19-22,24-25,28-33,36-37,39-42,46,56H,14-16,18,23,26-27H2,1-13H3,(H,52,59)/t28-,29+,30+,31-,32-,33+,36-,37+,39+,40-,41+,42+,46-,48+,49+/m0/s1. The molecule has 1 amide bonds. The molecule has 1 aromatic carbocycles. The molecule has 2 fully saturated rings. The summed E-state index contributed by atoms with van der Waals surface area (Å²) < 4.78 is 38.0. The van der Waals surface area contributed by atoms with Gasteiger partial charge in [0.1, 0.15) is 47.4 Å². The van der Waals surface area contributed by atoms with Gasteiger partial charge in [0.15, 0.2) is 12.1 Å². The molecule has 17 heteroatoms. The first-order valence-electron chi connectivity index (χ1n) is 23.5. The maximum atomic E-state index is 14.6. The summed E-state index contributed by atoms with van der Waals surface area (Å²) in [6, 6.07) is 7.90. The van der Waals surface area contributed by atoms with Gasteiger partial charge in [0.25, 0.3) is 0 Å². The molecule has 4 rings (SSSR count). The maximum absolute atomic E-state index is 14.6. The number of amides is 1. The van der Waals surface area contributed by atoms with E-state index < -0.39 is 107 Å². The van der Waals surface area contributed by atoms with Crippen molar-refractivity contribution in [2.45, 2.75) is 168 Å². The van der Waals surface area contributed by atoms with E-state index in [2.05, 4.69) is 20.5 Å². The van der Waals surface area contributed by atoms with Crippen molar-refractivity contribution in [1.82, 2.24) is 20.2 Å². The van der Waals surface area contributed by atoms with Gasteiger partial charge in [-0.2, -0.15) is 4.91 Å². The molecule has 0 saturated carbocycles. The topological polar surface area (TPSA) is 214 Å². The van der Waals surface area contributed by atoms with E-state index in [-0.39, 0.29) is 25.5 Å². The lowest BCUT2D eigenvalue weighted by Crippen LogP contribution is -2.61. The van der Waals surface area contributed by atoms with Crippen LogP contribution < -0.4 is 5.32 Å². The molecule has 0 bridgehead atoms. The lowest BCUT2D eigenvalue weighted by molar-refractivity contribution is -0.299. The Bertz CT molecular complexity index is 1910. The summed E-state index contributed by atoms with van der Waals surface area (Å²) in [7, 11) is 5.04. The summed E-state index contributed by atoms with van der Waals surface area (Å²) in [5, 5.41) is 18.1. The van der Waals surface area contributed by atoms with E-state index in [1.807, 2.05) is 57.1 Å². The zero-order valence-electron chi connectivity index (χ0n) is 41.2. The highest BCUT2D eigenvalue weighted by molar-refractivity contribution is 5.84. The normalized spacial score (nSPS) is 34.1. The highest BCUT2D eigenvalue weighted by Gasteiger charge is 2.55. The van der Waals surface area contributed by atoms with E-state index in [0.717, 1.165) is 11.1 Å². The quantitative estimate of drug-likeness (QED) is 0.0822. The molecule has 0 spiro atoms. The van der Waals surface area contributed by atoms with Gasteiger partial charge >= 0.3 is 18.0 Å². The lowest BCUT2D eigenvalue weighted by Gasteiger charge is -2.48. The van der Waals surface area contributed by atoms with Crippen molar-refractivity contribution in [1.29, 1.82) is 0 Å². The van der Waals surface area contributed by atoms with Gasteiger partial charge in [0, 0.05) is 55.4 Å². The number of benzene rings is 1. The van der Waals surface area contributed by atoms with Gasteiger partial charge in [-0.05, 0) is 91.9 Å². The van der Waals surface area contributed by atoms with Gasteiger partial charge in [-0.15, -0.1) is 0 Å². The Hall–Kier alpha value is -4.42. The number of likely N-dealkylation sites (N-methyl/N-ethyl adjacent to an activating group) is 1. The van der Waals surface area contributed by atoms with Crippen molar-refractivity contribution >= 4 is 23.8 Å². The molecule has 15 atom stereocenters. The molecule has 17 nitrogen and oxygen atoms in total. The number of nitrogens with zero attached hydrogens (tertiary/aromatic N) is 4. The Balaban J connectivity index is 1.80. The number of nitroso groups, excluding NO2 is 1. The Morgan fingerprint density at radius 1 is 1.03 bits per heavy atom. The van der Waals surface area contributed by atoms with Gasteiger partial charge in [-0.3, -0.25) is 14.4 Å². The summed E-state index contributed by atoms with van der Waals surface area (Å²) >= 11 is 0. The molecular formula is C49H75N5O12. The predicted molar refractivity (Wildman–Crippen MR) is 247 cm³/mol. The van der Waals surface area contributed by atoms with Crippen LogP contribution in [-0.4, -0.2) is 132 Å². The van der Waals surface area contributed by atoms with E-state index in [0.29, 0.717) is 31.5 Å². The number of ketones is 1. The first-order valence-corrected chi connectivity index (χ1v) is 23.5. The second kappa shape index (κ2) is 24.0. The number of methoxy groups -OCH3 is 1. The minimum Gasteiger partial charge on any atom is -0.461 e. The summed E-state index contributed by atoms with van der Waals surface area (Å²) in [5.74, 6) is -5.77. The summed E-state index contributed by atoms with van der Waals surface area (Å²) in [4.78, 5) is 80.3. The first kappa shape index (κ1) is 54.2. The number of aromatic nitrogens is 2. The number of aryl methyl sites for hydroxylation is 1. The second-order valence-corrected chi connectivity index (χ2v) is 19.1. The SMILES string of the molecule is CC[C@H](C)C(=O)O[C@H]1[C@H](C)[C@@H](O[C@@H]2O[C@H](C)C[C@H](N(C)C)[C@H]2O)[C@](C)(OC(=O)NCCCc2ccc(-c3ncccn3)cc2)C[C@@H](C)C(=O)[C@H](C)[C@@H](N=O)[C@](C)(OC)[C@@H](CC)OC(=O)[C@@H]1C. The number of carbonyl (C=O) groups is 4. The third kappa shape index (κ3) is 13.0. The van der Waals surface area contributed by atoms with Crippen LogP contribution in [0.15, 0.2) is 47.9 Å². The Morgan fingerprint density at radius 3 is 2.26 bits per heavy atom. The van der Waals surface area contributed by atoms with E-state index in [4.69, 9.17) is 28.4 Å². The van der Waals surface area contributed by atoms with Gasteiger partial charge in [0.05, 0.1) is 17.9 Å². The number of hydrogen-bond acceptors (Lipinski definition) is 16. The number of nitrogens with one attached hydrogen (secondary N) is 1. The van der Waals surface area contributed by atoms with Gasteiger partial charge in [0.2, 0.25) is 0 Å². The molecule has 2 saturated heterocycles. The largest absolute Gasteiger partial charge is 0.461 e. The second-order valence-electron chi connectivity index (χ2n) is 19.1. The summed E-state index contributed by atoms with van der Waals surface area (Å²) in [5.41, 5.74) is -1.38. The summed E-state index contributed by atoms with van der Waals surface area (Å²) in [6.45, 7) is 17.1. The maximum Gasteiger partial charge on any atom is 0.407 e. The predicted octanol–water partition coefficient (Wildman–Crippen LogP) is 6.71. The average molecular weight is 926 g/mol. The fraction of sp³-hybridized carbons (Fsp3) is 0.714. The molecule has 0 unspecified atom stereocenters. The average Bonchev–Trinajstić information content (AvgIpc) is 3.30. The van der Waals surface area contributed by atoms with E-state index in [1.54, 1.807) is 73.8 Å². The number of hydrogen-bond donors (Lipinski definition) is 2. The lowest BCUT2D eigenvalue weighted by atomic mass is 9.73. The monoisotopic (exact) mass is 926 g/mol. The highest BCUT2D eigenvalue weighted by atomic mass is 16.7. The first-order chi connectivity index (χ1) is 31.2. The van der Waals surface area contributed by atoms with E-state index in [1.165, 1.54) is 7.11 Å². The van der Waals surface area contributed by atoms with Crippen molar-refractivity contribution in [3.05, 3.63) is 53.2 Å². The fourth-order valence-corrected chi connectivity index (χ4v) is 9.53. The number of rotatable bonds is 15. The molecule has 2 aliphatic rings. The number of Topliss-reactive ketones (excluding diaryl/α,β-unsaturated/α-hetero) is 1. The Labute approximate surface area is 390 Å². The van der Waals surface area contributed by atoms with Gasteiger partial charge < -0.3 is 43.7 Å². The zero-order valence-corrected chi connectivity index (χ0v) is 41.2. The van der Waals surface area contributed by atoms with Crippen LogP contribution in [0.3, 0.4) is 0 Å².